The number of likely N-dealkylation sites (N-methyl/N-ethyl adjacent to an activating group) is 1. The van der Waals surface area contributed by atoms with Crippen molar-refractivity contribution in [3.8, 4) is 0 Å². The Morgan fingerprint density at radius 3 is 2.81 bits per heavy atom. The number of nitrogens with one attached hydrogen (secondary N) is 1. The third-order valence-electron chi connectivity index (χ3n) is 3.97. The second kappa shape index (κ2) is 5.64. The van der Waals surface area contributed by atoms with Gasteiger partial charge in [0.05, 0.1) is 11.9 Å². The van der Waals surface area contributed by atoms with Crippen molar-refractivity contribution >= 4 is 17.2 Å². The Hall–Kier alpha value is -2.23. The lowest BCUT2D eigenvalue weighted by Crippen LogP contribution is -2.12. The van der Waals surface area contributed by atoms with E-state index in [1.54, 1.807) is 0 Å². The van der Waals surface area contributed by atoms with Gasteiger partial charge in [-0.2, -0.15) is 0 Å². The molecule has 4 heteroatoms. The van der Waals surface area contributed by atoms with Gasteiger partial charge in [0.25, 0.3) is 0 Å². The van der Waals surface area contributed by atoms with Crippen LogP contribution in [0.5, 0.6) is 0 Å². The zero-order valence-electron chi connectivity index (χ0n) is 12.9. The molecule has 2 heterocycles. The third-order valence-corrected chi connectivity index (χ3v) is 3.97. The number of fused-ring (bicyclic) bond motifs is 1. The second-order valence-electron chi connectivity index (χ2n) is 5.79. The molecule has 0 spiro atoms. The van der Waals surface area contributed by atoms with Gasteiger partial charge in [-0.05, 0) is 35.7 Å². The molecule has 0 fully saturated rings. The summed E-state index contributed by atoms with van der Waals surface area (Å²) in [6.07, 6.45) is 3.04. The standard InChI is InChI=1S/C17H22N4/c1-20(2)17-7-5-15(12-19-17)18-11-13-4-6-16-14(10-13)8-9-21(16)3/h4-7,10,12,18H,8-9,11H2,1-3H3. The first kappa shape index (κ1) is 13.7. The first-order valence-corrected chi connectivity index (χ1v) is 7.33. The minimum absolute atomic E-state index is 0.833. The maximum Gasteiger partial charge on any atom is 0.128 e. The lowest BCUT2D eigenvalue weighted by atomic mass is 10.1. The van der Waals surface area contributed by atoms with Crippen LogP contribution in [0.15, 0.2) is 36.5 Å². The minimum atomic E-state index is 0.833. The zero-order valence-corrected chi connectivity index (χ0v) is 12.9. The van der Waals surface area contributed by atoms with Gasteiger partial charge in [0.2, 0.25) is 0 Å². The van der Waals surface area contributed by atoms with Crippen LogP contribution in [0.2, 0.25) is 0 Å². The molecule has 1 aliphatic heterocycles. The summed E-state index contributed by atoms with van der Waals surface area (Å²) in [6.45, 7) is 1.96. The molecular weight excluding hydrogens is 260 g/mol. The summed E-state index contributed by atoms with van der Waals surface area (Å²) < 4.78 is 0. The lowest BCUT2D eigenvalue weighted by Gasteiger charge is -2.13. The van der Waals surface area contributed by atoms with Crippen LogP contribution in [0, 0.1) is 0 Å². The average molecular weight is 282 g/mol. The molecule has 0 saturated carbocycles. The Balaban J connectivity index is 1.65. The quantitative estimate of drug-likeness (QED) is 0.934. The lowest BCUT2D eigenvalue weighted by molar-refractivity contribution is 0.955. The average Bonchev–Trinajstić information content (AvgIpc) is 2.86. The summed E-state index contributed by atoms with van der Waals surface area (Å²) in [6, 6.07) is 10.8. The van der Waals surface area contributed by atoms with Crippen LogP contribution >= 0.6 is 0 Å². The van der Waals surface area contributed by atoms with E-state index < -0.39 is 0 Å². The molecule has 4 nitrogen and oxygen atoms in total. The largest absolute Gasteiger partial charge is 0.380 e. The van der Waals surface area contributed by atoms with E-state index in [0.717, 1.165) is 31.0 Å². The molecule has 0 amide bonds. The number of aromatic nitrogens is 1. The van der Waals surface area contributed by atoms with Crippen LogP contribution in [0.4, 0.5) is 17.2 Å². The smallest absolute Gasteiger partial charge is 0.128 e. The number of hydrogen-bond acceptors (Lipinski definition) is 4. The molecule has 0 unspecified atom stereocenters. The number of pyridine rings is 1. The van der Waals surface area contributed by atoms with Crippen molar-refractivity contribution in [3.63, 3.8) is 0 Å². The van der Waals surface area contributed by atoms with Crippen molar-refractivity contribution in [2.75, 3.05) is 42.8 Å². The Morgan fingerprint density at radius 2 is 2.10 bits per heavy atom. The van der Waals surface area contributed by atoms with Gasteiger partial charge >= 0.3 is 0 Å². The summed E-state index contributed by atoms with van der Waals surface area (Å²) in [4.78, 5) is 8.73. The molecule has 0 atom stereocenters. The molecule has 0 saturated heterocycles. The van der Waals surface area contributed by atoms with Crippen LogP contribution in [0.1, 0.15) is 11.1 Å². The maximum absolute atomic E-state index is 4.42. The topological polar surface area (TPSA) is 31.4 Å². The summed E-state index contributed by atoms with van der Waals surface area (Å²) in [5, 5.41) is 3.43. The summed E-state index contributed by atoms with van der Waals surface area (Å²) >= 11 is 0. The SMILES string of the molecule is CN(C)c1ccc(NCc2ccc3c(c2)CCN3C)cn1. The van der Waals surface area contributed by atoms with E-state index in [-0.39, 0.29) is 0 Å². The summed E-state index contributed by atoms with van der Waals surface area (Å²) in [5.74, 6) is 0.973. The van der Waals surface area contributed by atoms with E-state index in [1.807, 2.05) is 31.3 Å². The van der Waals surface area contributed by atoms with Crippen LogP contribution in [-0.4, -0.2) is 32.7 Å². The fraction of sp³-hybridized carbons (Fsp3) is 0.353. The third kappa shape index (κ3) is 2.94. The maximum atomic E-state index is 4.42. The van der Waals surface area contributed by atoms with Crippen molar-refractivity contribution < 1.29 is 0 Å². The molecule has 2 aromatic rings. The Morgan fingerprint density at radius 1 is 1.24 bits per heavy atom. The number of hydrogen-bond donors (Lipinski definition) is 1. The van der Waals surface area contributed by atoms with Gasteiger partial charge in [-0.15, -0.1) is 0 Å². The second-order valence-corrected chi connectivity index (χ2v) is 5.79. The van der Waals surface area contributed by atoms with Gasteiger partial charge < -0.3 is 15.1 Å². The first-order chi connectivity index (χ1) is 10.1. The highest BCUT2D eigenvalue weighted by atomic mass is 15.1. The fourth-order valence-electron chi connectivity index (χ4n) is 2.69. The van der Waals surface area contributed by atoms with E-state index in [4.69, 9.17) is 0 Å². The van der Waals surface area contributed by atoms with Gasteiger partial charge in [0.1, 0.15) is 5.82 Å². The molecular formula is C17H22N4. The van der Waals surface area contributed by atoms with Crippen molar-refractivity contribution in [1.82, 2.24) is 4.98 Å². The number of rotatable bonds is 4. The zero-order chi connectivity index (χ0) is 14.8. The van der Waals surface area contributed by atoms with Crippen LogP contribution in [0.3, 0.4) is 0 Å². The predicted octanol–water partition coefficient (Wildman–Crippen LogP) is 2.75. The van der Waals surface area contributed by atoms with E-state index in [1.165, 1.54) is 16.8 Å². The van der Waals surface area contributed by atoms with Crippen molar-refractivity contribution in [2.45, 2.75) is 13.0 Å². The Bertz CT molecular complexity index is 619. The van der Waals surface area contributed by atoms with E-state index >= 15 is 0 Å². The monoisotopic (exact) mass is 282 g/mol. The van der Waals surface area contributed by atoms with Crippen LogP contribution < -0.4 is 15.1 Å². The van der Waals surface area contributed by atoms with Crippen molar-refractivity contribution in [1.29, 1.82) is 0 Å². The van der Waals surface area contributed by atoms with Crippen LogP contribution in [0.25, 0.3) is 0 Å². The molecule has 21 heavy (non-hydrogen) atoms. The van der Waals surface area contributed by atoms with Gasteiger partial charge in [0.15, 0.2) is 0 Å². The number of anilines is 3. The van der Waals surface area contributed by atoms with Gasteiger partial charge in [-0.25, -0.2) is 4.98 Å². The van der Waals surface area contributed by atoms with Crippen molar-refractivity contribution in [2.24, 2.45) is 0 Å². The summed E-state index contributed by atoms with van der Waals surface area (Å²) in [7, 11) is 6.15. The molecule has 1 aromatic carbocycles. The van der Waals surface area contributed by atoms with E-state index in [9.17, 15) is 0 Å². The summed E-state index contributed by atoms with van der Waals surface area (Å²) in [5.41, 5.74) is 5.20. The molecule has 0 aliphatic carbocycles. The molecule has 0 radical (unpaired) electrons. The molecule has 1 aliphatic rings. The van der Waals surface area contributed by atoms with Crippen molar-refractivity contribution in [3.05, 3.63) is 47.7 Å². The van der Waals surface area contributed by atoms with Gasteiger partial charge in [-0.3, -0.25) is 0 Å². The van der Waals surface area contributed by atoms with Gasteiger partial charge in [0, 0.05) is 39.9 Å². The Labute approximate surface area is 126 Å². The normalized spacial score (nSPS) is 13.2. The fourth-order valence-corrected chi connectivity index (χ4v) is 2.69. The Kier molecular flexibility index (Phi) is 3.69. The highest BCUT2D eigenvalue weighted by Crippen LogP contribution is 2.27. The van der Waals surface area contributed by atoms with Gasteiger partial charge in [-0.1, -0.05) is 12.1 Å². The van der Waals surface area contributed by atoms with E-state index in [2.05, 4.69) is 46.5 Å². The minimum Gasteiger partial charge on any atom is -0.380 e. The van der Waals surface area contributed by atoms with E-state index in [0.29, 0.717) is 0 Å². The highest BCUT2D eigenvalue weighted by molar-refractivity contribution is 5.59. The first-order valence-electron chi connectivity index (χ1n) is 7.33. The molecule has 0 bridgehead atoms. The predicted molar refractivity (Wildman–Crippen MR) is 89.3 cm³/mol. The molecule has 1 N–H and O–H groups in total. The van der Waals surface area contributed by atoms with Crippen LogP contribution in [-0.2, 0) is 13.0 Å². The number of benzene rings is 1. The molecule has 1 aromatic heterocycles. The molecule has 110 valence electrons. The molecule has 3 rings (SSSR count). The highest BCUT2D eigenvalue weighted by Gasteiger charge is 2.15. The number of nitrogens with zero attached hydrogens (tertiary/aromatic N) is 3.